The van der Waals surface area contributed by atoms with Crippen molar-refractivity contribution in [2.75, 3.05) is 6.61 Å². The quantitative estimate of drug-likeness (QED) is 0.143. The molecule has 1 saturated heterocycles. The molecule has 3 aromatic carbocycles. The molecule has 6 N–H and O–H groups in total. The van der Waals surface area contributed by atoms with Crippen molar-refractivity contribution in [3.8, 4) is 23.0 Å². The number of carbonyl (C=O) groups is 1. The molecule has 0 unspecified atom stereocenters. The van der Waals surface area contributed by atoms with Gasteiger partial charge in [-0.1, -0.05) is 36.4 Å². The Morgan fingerprint density at radius 3 is 1.97 bits per heavy atom. The van der Waals surface area contributed by atoms with E-state index < -0.39 is 43.3 Å². The van der Waals surface area contributed by atoms with Crippen LogP contribution >= 0.6 is 0 Å². The van der Waals surface area contributed by atoms with Gasteiger partial charge in [-0.2, -0.15) is 0 Å². The Morgan fingerprint density at radius 2 is 1.31 bits per heavy atom. The second kappa shape index (κ2) is 12.5. The number of phenols is 3. The smallest absolute Gasteiger partial charge is 0.330 e. The van der Waals surface area contributed by atoms with E-state index in [-0.39, 0.29) is 17.2 Å². The summed E-state index contributed by atoms with van der Waals surface area (Å²) >= 11 is 0. The SMILES string of the molecule is O=C(/C=C/c1ccc(O)cc1)OC[C@H]1O[C@@H](Oc2ccc(/C=C/c3cc(O)cc(O)c3)cc2)[C@H](O)[C@@H](O)[C@@H]1O. The van der Waals surface area contributed by atoms with Gasteiger partial charge in [-0.3, -0.25) is 0 Å². The van der Waals surface area contributed by atoms with Gasteiger partial charge in [-0.25, -0.2) is 4.79 Å². The summed E-state index contributed by atoms with van der Waals surface area (Å²) in [6, 6.07) is 17.0. The molecule has 0 aliphatic carbocycles. The molecule has 0 bridgehead atoms. The summed E-state index contributed by atoms with van der Waals surface area (Å²) < 4.78 is 16.4. The highest BCUT2D eigenvalue weighted by Gasteiger charge is 2.45. The Balaban J connectivity index is 1.34. The first kappa shape index (κ1) is 27.7. The molecule has 1 heterocycles. The van der Waals surface area contributed by atoms with E-state index in [0.29, 0.717) is 16.9 Å². The van der Waals surface area contributed by atoms with Gasteiger partial charge in [0.2, 0.25) is 6.29 Å². The van der Waals surface area contributed by atoms with Gasteiger partial charge < -0.3 is 44.8 Å². The second-order valence-corrected chi connectivity index (χ2v) is 8.87. The number of hydrogen-bond donors (Lipinski definition) is 6. The number of aromatic hydroxyl groups is 3. The fourth-order valence-electron chi connectivity index (χ4n) is 3.81. The molecule has 5 atom stereocenters. The average Bonchev–Trinajstić information content (AvgIpc) is 2.91. The molecule has 4 rings (SSSR count). The van der Waals surface area contributed by atoms with Gasteiger partial charge in [-0.05, 0) is 59.2 Å². The molecule has 0 saturated carbocycles. The number of aliphatic hydroxyl groups is 3. The summed E-state index contributed by atoms with van der Waals surface area (Å²) in [5.41, 5.74) is 2.03. The van der Waals surface area contributed by atoms with Crippen LogP contribution in [-0.2, 0) is 14.3 Å². The van der Waals surface area contributed by atoms with Crippen molar-refractivity contribution < 1.29 is 49.6 Å². The van der Waals surface area contributed by atoms with Crippen molar-refractivity contribution in [1.82, 2.24) is 0 Å². The third kappa shape index (κ3) is 7.59. The zero-order chi connectivity index (χ0) is 27.9. The molecule has 204 valence electrons. The van der Waals surface area contributed by atoms with E-state index in [1.807, 2.05) is 0 Å². The minimum atomic E-state index is -1.61. The fourth-order valence-corrected chi connectivity index (χ4v) is 3.81. The van der Waals surface area contributed by atoms with Crippen molar-refractivity contribution in [2.45, 2.75) is 30.7 Å². The maximum absolute atomic E-state index is 12.1. The second-order valence-electron chi connectivity index (χ2n) is 8.87. The Labute approximate surface area is 223 Å². The fraction of sp³-hybridized carbons (Fsp3) is 0.207. The minimum absolute atomic E-state index is 0.0599. The van der Waals surface area contributed by atoms with Crippen LogP contribution in [0.5, 0.6) is 23.0 Å². The summed E-state index contributed by atoms with van der Waals surface area (Å²) in [7, 11) is 0. The summed E-state index contributed by atoms with van der Waals surface area (Å²) in [6.45, 7) is -0.405. The first-order valence-corrected chi connectivity index (χ1v) is 12.0. The lowest BCUT2D eigenvalue weighted by molar-refractivity contribution is -0.278. The molecule has 1 aliphatic rings. The van der Waals surface area contributed by atoms with Crippen molar-refractivity contribution in [3.05, 3.63) is 89.5 Å². The number of rotatable bonds is 8. The van der Waals surface area contributed by atoms with Gasteiger partial charge in [0, 0.05) is 12.1 Å². The van der Waals surface area contributed by atoms with Crippen LogP contribution in [0.15, 0.2) is 72.8 Å². The van der Waals surface area contributed by atoms with E-state index in [1.165, 1.54) is 42.5 Å². The highest BCUT2D eigenvalue weighted by atomic mass is 16.7. The zero-order valence-corrected chi connectivity index (χ0v) is 20.6. The third-order valence-corrected chi connectivity index (χ3v) is 5.89. The maximum Gasteiger partial charge on any atom is 0.330 e. The Kier molecular flexibility index (Phi) is 8.84. The Morgan fingerprint density at radius 1 is 0.718 bits per heavy atom. The van der Waals surface area contributed by atoms with Crippen molar-refractivity contribution in [3.63, 3.8) is 0 Å². The van der Waals surface area contributed by atoms with Gasteiger partial charge in [-0.15, -0.1) is 0 Å². The number of carbonyl (C=O) groups excluding carboxylic acids is 1. The molecule has 0 aromatic heterocycles. The summed E-state index contributed by atoms with van der Waals surface area (Å²) in [6.07, 6.45) is -1.12. The molecular formula is C29H28O10. The van der Waals surface area contributed by atoms with Crippen LogP contribution in [0.2, 0.25) is 0 Å². The number of aliphatic hydroxyl groups excluding tert-OH is 3. The van der Waals surface area contributed by atoms with Crippen LogP contribution in [0.25, 0.3) is 18.2 Å². The van der Waals surface area contributed by atoms with E-state index in [2.05, 4.69) is 0 Å². The number of ether oxygens (including phenoxy) is 3. The predicted molar refractivity (Wildman–Crippen MR) is 141 cm³/mol. The normalized spacial score (nSPS) is 23.2. The predicted octanol–water partition coefficient (Wildman–Crippen LogP) is 2.42. The van der Waals surface area contributed by atoms with Crippen LogP contribution in [0, 0.1) is 0 Å². The standard InChI is InChI=1S/C29H28O10/c30-20-8-3-18(4-9-20)7-12-25(33)37-16-24-26(34)27(35)28(36)29(39-24)38-23-10-5-17(6-11-23)1-2-19-13-21(31)15-22(32)14-19/h1-15,24,26-32,34-36H,16H2/b2-1+,12-7+/t24-,26-,27+,28-,29-/m1/s1. The monoisotopic (exact) mass is 536 g/mol. The van der Waals surface area contributed by atoms with Crippen molar-refractivity contribution in [2.24, 2.45) is 0 Å². The van der Waals surface area contributed by atoms with E-state index in [4.69, 9.17) is 14.2 Å². The molecular weight excluding hydrogens is 508 g/mol. The van der Waals surface area contributed by atoms with Crippen molar-refractivity contribution >= 4 is 24.2 Å². The molecule has 0 spiro atoms. The van der Waals surface area contributed by atoms with Gasteiger partial charge in [0.1, 0.15) is 54.0 Å². The molecule has 1 aliphatic heterocycles. The molecule has 10 heteroatoms. The van der Waals surface area contributed by atoms with Crippen LogP contribution in [-0.4, -0.2) is 73.9 Å². The topological polar surface area (TPSA) is 166 Å². The number of esters is 1. The highest BCUT2D eigenvalue weighted by Crippen LogP contribution is 2.26. The van der Waals surface area contributed by atoms with Gasteiger partial charge in [0.05, 0.1) is 0 Å². The molecule has 0 radical (unpaired) electrons. The average molecular weight is 537 g/mol. The van der Waals surface area contributed by atoms with Crippen LogP contribution in [0.3, 0.4) is 0 Å². The van der Waals surface area contributed by atoms with E-state index >= 15 is 0 Å². The van der Waals surface area contributed by atoms with Gasteiger partial charge >= 0.3 is 5.97 Å². The third-order valence-electron chi connectivity index (χ3n) is 5.89. The molecule has 39 heavy (non-hydrogen) atoms. The highest BCUT2D eigenvalue weighted by molar-refractivity contribution is 5.87. The van der Waals surface area contributed by atoms with Gasteiger partial charge in [0.15, 0.2) is 0 Å². The number of phenolic OH excluding ortho intramolecular Hbond substituents is 3. The number of hydrogen-bond acceptors (Lipinski definition) is 10. The first-order chi connectivity index (χ1) is 18.7. The van der Waals surface area contributed by atoms with Crippen molar-refractivity contribution in [1.29, 1.82) is 0 Å². The molecule has 3 aromatic rings. The lowest BCUT2D eigenvalue weighted by Crippen LogP contribution is -2.60. The van der Waals surface area contributed by atoms with Crippen LogP contribution in [0.1, 0.15) is 16.7 Å². The Bertz CT molecular complexity index is 1300. The summed E-state index contributed by atoms with van der Waals surface area (Å²) in [5, 5.41) is 59.4. The maximum atomic E-state index is 12.1. The molecule has 10 nitrogen and oxygen atoms in total. The Hall–Kier alpha value is -4.35. The molecule has 0 amide bonds. The molecule has 1 fully saturated rings. The lowest BCUT2D eigenvalue weighted by Gasteiger charge is -2.39. The van der Waals surface area contributed by atoms with Crippen LogP contribution < -0.4 is 4.74 Å². The summed E-state index contributed by atoms with van der Waals surface area (Å²) in [5.74, 6) is -0.440. The first-order valence-electron chi connectivity index (χ1n) is 12.0. The van der Waals surface area contributed by atoms with Crippen LogP contribution in [0.4, 0.5) is 0 Å². The largest absolute Gasteiger partial charge is 0.508 e. The van der Waals surface area contributed by atoms with E-state index in [9.17, 15) is 35.4 Å². The lowest BCUT2D eigenvalue weighted by atomic mass is 9.99. The zero-order valence-electron chi connectivity index (χ0n) is 20.6. The van der Waals surface area contributed by atoms with Gasteiger partial charge in [0.25, 0.3) is 0 Å². The van der Waals surface area contributed by atoms with E-state index in [0.717, 1.165) is 5.56 Å². The minimum Gasteiger partial charge on any atom is -0.508 e. The van der Waals surface area contributed by atoms with E-state index in [1.54, 1.807) is 48.6 Å². The number of benzene rings is 3. The summed E-state index contributed by atoms with van der Waals surface area (Å²) in [4.78, 5) is 12.1.